The normalized spacial score (nSPS) is 10.8. The third kappa shape index (κ3) is 6.54. The number of alkyl halides is 3. The first kappa shape index (κ1) is 18.3. The predicted molar refractivity (Wildman–Crippen MR) is 85.4 cm³/mol. The molecule has 0 unspecified atom stereocenters. The van der Waals surface area contributed by atoms with Crippen LogP contribution in [0.4, 0.5) is 18.9 Å². The van der Waals surface area contributed by atoms with Gasteiger partial charge in [-0.1, -0.05) is 18.2 Å². The van der Waals surface area contributed by atoms with Crippen LogP contribution < -0.4 is 15.4 Å². The minimum atomic E-state index is -4.46. The van der Waals surface area contributed by atoms with Gasteiger partial charge in [-0.2, -0.15) is 13.2 Å². The van der Waals surface area contributed by atoms with Gasteiger partial charge < -0.3 is 15.4 Å². The molecule has 0 radical (unpaired) electrons. The van der Waals surface area contributed by atoms with E-state index in [-0.39, 0.29) is 5.91 Å². The van der Waals surface area contributed by atoms with Crippen molar-refractivity contribution in [2.24, 2.45) is 0 Å². The number of rotatable bonds is 6. The summed E-state index contributed by atoms with van der Waals surface area (Å²) in [5.41, 5.74) is 1.02. The second-order valence-electron chi connectivity index (χ2n) is 5.03. The molecule has 0 bridgehead atoms. The van der Waals surface area contributed by atoms with Gasteiger partial charge in [0, 0.05) is 11.3 Å². The number of benzene rings is 2. The molecule has 2 amide bonds. The summed E-state index contributed by atoms with van der Waals surface area (Å²) in [6.07, 6.45) is -4.46. The molecule has 2 rings (SSSR count). The van der Waals surface area contributed by atoms with Gasteiger partial charge >= 0.3 is 6.18 Å². The molecule has 0 fully saturated rings. The van der Waals surface area contributed by atoms with Crippen molar-refractivity contribution in [1.29, 1.82) is 0 Å². The molecular weight excluding hydrogens is 337 g/mol. The van der Waals surface area contributed by atoms with Crippen molar-refractivity contribution in [3.8, 4) is 5.75 Å². The van der Waals surface area contributed by atoms with Gasteiger partial charge in [0.2, 0.25) is 0 Å². The van der Waals surface area contributed by atoms with Crippen molar-refractivity contribution in [2.75, 3.05) is 18.5 Å². The predicted octanol–water partition coefficient (Wildman–Crippen LogP) is 3.00. The third-order valence-corrected chi connectivity index (χ3v) is 3.00. The Bertz CT molecular complexity index is 716. The van der Waals surface area contributed by atoms with Crippen LogP contribution in [0.2, 0.25) is 0 Å². The topological polar surface area (TPSA) is 67.4 Å². The lowest BCUT2D eigenvalue weighted by atomic mass is 10.2. The zero-order valence-electron chi connectivity index (χ0n) is 13.0. The average Bonchev–Trinajstić information content (AvgIpc) is 2.59. The lowest BCUT2D eigenvalue weighted by molar-refractivity contribution is -0.139. The van der Waals surface area contributed by atoms with E-state index in [9.17, 15) is 22.8 Å². The summed E-state index contributed by atoms with van der Waals surface area (Å²) < 4.78 is 41.0. The van der Waals surface area contributed by atoms with E-state index in [1.807, 2.05) is 0 Å². The highest BCUT2D eigenvalue weighted by atomic mass is 19.4. The first-order valence-corrected chi connectivity index (χ1v) is 7.26. The lowest BCUT2D eigenvalue weighted by Gasteiger charge is -2.10. The smallest absolute Gasteiger partial charge is 0.405 e. The Kier molecular flexibility index (Phi) is 5.99. The first-order valence-electron chi connectivity index (χ1n) is 7.26. The molecule has 0 saturated heterocycles. The number of anilines is 1. The molecule has 5 nitrogen and oxygen atoms in total. The highest BCUT2D eigenvalue weighted by Gasteiger charge is 2.27. The van der Waals surface area contributed by atoms with Crippen LogP contribution in [-0.2, 0) is 4.79 Å². The fraction of sp³-hybridized carbons (Fsp3) is 0.176. The van der Waals surface area contributed by atoms with Gasteiger partial charge in [0.05, 0.1) is 0 Å². The van der Waals surface area contributed by atoms with Crippen LogP contribution in [0.15, 0.2) is 54.6 Å². The third-order valence-electron chi connectivity index (χ3n) is 3.00. The first-order chi connectivity index (χ1) is 11.8. The molecule has 132 valence electrons. The highest BCUT2D eigenvalue weighted by molar-refractivity contribution is 6.04. The van der Waals surface area contributed by atoms with Gasteiger partial charge in [-0.25, -0.2) is 0 Å². The van der Waals surface area contributed by atoms with Crippen LogP contribution in [0.1, 0.15) is 10.4 Å². The number of carbonyl (C=O) groups excluding carboxylic acids is 2. The van der Waals surface area contributed by atoms with Gasteiger partial charge in [0.15, 0.2) is 6.61 Å². The number of halogens is 3. The van der Waals surface area contributed by atoms with E-state index >= 15 is 0 Å². The molecule has 8 heteroatoms. The van der Waals surface area contributed by atoms with E-state index in [1.165, 1.54) is 12.1 Å². The Morgan fingerprint density at radius 3 is 2.20 bits per heavy atom. The van der Waals surface area contributed by atoms with E-state index in [4.69, 9.17) is 4.74 Å². The number of ether oxygens (including phenoxy) is 1. The van der Waals surface area contributed by atoms with Crippen LogP contribution in [-0.4, -0.2) is 31.1 Å². The Hall–Kier alpha value is -3.03. The molecule has 2 N–H and O–H groups in total. The maximum absolute atomic E-state index is 12.0. The molecule has 0 aliphatic rings. The number of hydrogen-bond donors (Lipinski definition) is 2. The molecule has 2 aromatic rings. The van der Waals surface area contributed by atoms with Gasteiger partial charge in [-0.05, 0) is 36.4 Å². The lowest BCUT2D eigenvalue weighted by Crippen LogP contribution is -2.36. The van der Waals surface area contributed by atoms with E-state index < -0.39 is 25.2 Å². The molecule has 25 heavy (non-hydrogen) atoms. The van der Waals surface area contributed by atoms with Crippen molar-refractivity contribution < 1.29 is 27.5 Å². The van der Waals surface area contributed by atoms with Crippen molar-refractivity contribution in [3.63, 3.8) is 0 Å². The largest absolute Gasteiger partial charge is 0.484 e. The summed E-state index contributed by atoms with van der Waals surface area (Å²) in [6.45, 7) is -1.94. The van der Waals surface area contributed by atoms with Crippen LogP contribution in [0.5, 0.6) is 5.75 Å². The van der Waals surface area contributed by atoms with Crippen LogP contribution in [0.25, 0.3) is 0 Å². The van der Waals surface area contributed by atoms with Crippen LogP contribution in [0, 0.1) is 0 Å². The zero-order valence-corrected chi connectivity index (χ0v) is 13.0. The van der Waals surface area contributed by atoms with Gasteiger partial charge in [-0.3, -0.25) is 9.59 Å². The molecule has 0 spiro atoms. The fourth-order valence-electron chi connectivity index (χ4n) is 1.83. The van der Waals surface area contributed by atoms with Crippen molar-refractivity contribution in [3.05, 3.63) is 60.2 Å². The maximum Gasteiger partial charge on any atom is 0.405 e. The van der Waals surface area contributed by atoms with E-state index in [2.05, 4.69) is 5.32 Å². The minimum Gasteiger partial charge on any atom is -0.484 e. The molecular formula is C17H15F3N2O3. The highest BCUT2D eigenvalue weighted by Crippen LogP contribution is 2.17. The molecule has 0 aromatic heterocycles. The van der Waals surface area contributed by atoms with E-state index in [0.717, 1.165) is 0 Å². The number of hydrogen-bond acceptors (Lipinski definition) is 3. The zero-order chi connectivity index (χ0) is 18.3. The minimum absolute atomic E-state index is 0.277. The van der Waals surface area contributed by atoms with Crippen molar-refractivity contribution in [2.45, 2.75) is 6.18 Å². The number of amides is 2. The van der Waals surface area contributed by atoms with E-state index in [1.54, 1.807) is 47.8 Å². The Balaban J connectivity index is 1.82. The second-order valence-corrected chi connectivity index (χ2v) is 5.03. The fourth-order valence-corrected chi connectivity index (χ4v) is 1.83. The summed E-state index contributed by atoms with van der Waals surface area (Å²) in [5.74, 6) is -0.862. The van der Waals surface area contributed by atoms with Gasteiger partial charge in [-0.15, -0.1) is 0 Å². The quantitative estimate of drug-likeness (QED) is 0.840. The van der Waals surface area contributed by atoms with Crippen LogP contribution in [0.3, 0.4) is 0 Å². The van der Waals surface area contributed by atoms with Gasteiger partial charge in [0.1, 0.15) is 12.3 Å². The summed E-state index contributed by atoms with van der Waals surface area (Å²) in [4.78, 5) is 23.2. The Morgan fingerprint density at radius 1 is 0.960 bits per heavy atom. The SMILES string of the molecule is O=C(COc1ccc(NC(=O)c2ccccc2)cc1)NCC(F)(F)F. The summed E-state index contributed by atoms with van der Waals surface area (Å²) in [6, 6.07) is 14.8. The van der Waals surface area contributed by atoms with Gasteiger partial charge in [0.25, 0.3) is 11.8 Å². The number of nitrogens with one attached hydrogen (secondary N) is 2. The average molecular weight is 352 g/mol. The second kappa shape index (κ2) is 8.18. The molecule has 0 aliphatic carbocycles. The molecule has 0 atom stereocenters. The molecule has 2 aromatic carbocycles. The van der Waals surface area contributed by atoms with Crippen molar-refractivity contribution in [1.82, 2.24) is 5.32 Å². The summed E-state index contributed by atoms with van der Waals surface area (Å²) in [5, 5.41) is 4.39. The number of carbonyl (C=O) groups is 2. The summed E-state index contributed by atoms with van der Waals surface area (Å²) in [7, 11) is 0. The maximum atomic E-state index is 12.0. The van der Waals surface area contributed by atoms with E-state index in [0.29, 0.717) is 17.0 Å². The molecule has 0 heterocycles. The Morgan fingerprint density at radius 2 is 1.60 bits per heavy atom. The Labute approximate surface area is 141 Å². The molecule has 0 aliphatic heterocycles. The van der Waals surface area contributed by atoms with Crippen molar-refractivity contribution >= 4 is 17.5 Å². The van der Waals surface area contributed by atoms with Crippen LogP contribution >= 0.6 is 0 Å². The summed E-state index contributed by atoms with van der Waals surface area (Å²) >= 11 is 0. The standard InChI is InChI=1S/C17H15F3N2O3/c18-17(19,20)11-21-15(23)10-25-14-8-6-13(7-9-14)22-16(24)12-4-2-1-3-5-12/h1-9H,10-11H2,(H,21,23)(H,22,24). The molecule has 0 saturated carbocycles. The monoisotopic (exact) mass is 352 g/mol.